The van der Waals surface area contributed by atoms with Crippen molar-refractivity contribution < 1.29 is 5.11 Å². The Bertz CT molecular complexity index is 300. The molecule has 5 heteroatoms. The zero-order chi connectivity index (χ0) is 9.19. The molecule has 0 radical (unpaired) electrons. The van der Waals surface area contributed by atoms with E-state index in [2.05, 4.69) is 10.2 Å². The summed E-state index contributed by atoms with van der Waals surface area (Å²) in [5, 5.41) is 15.4. The van der Waals surface area contributed by atoms with Crippen molar-refractivity contribution in [1.29, 1.82) is 0 Å². The van der Waals surface area contributed by atoms with Gasteiger partial charge in [0, 0.05) is 0 Å². The number of nitrogens with zero attached hydrogens (tertiary/aromatic N) is 2. The molecule has 1 rings (SSSR count). The highest BCUT2D eigenvalue weighted by atomic mass is 16.3. The molecule has 1 heterocycles. The van der Waals surface area contributed by atoms with Gasteiger partial charge in [-0.15, -0.1) is 0 Å². The minimum atomic E-state index is -0.840. The smallest absolute Gasteiger partial charge is 0.343 e. The monoisotopic (exact) mass is 171 g/mol. The second kappa shape index (κ2) is 3.10. The van der Waals surface area contributed by atoms with Gasteiger partial charge >= 0.3 is 5.69 Å². The normalized spacial score (nSPS) is 15.9. The lowest BCUT2D eigenvalue weighted by Crippen LogP contribution is -2.33. The third-order valence-corrected chi connectivity index (χ3v) is 1.89. The summed E-state index contributed by atoms with van der Waals surface area (Å²) in [5.74, 6) is 0. The molecule has 1 atom stereocenters. The van der Waals surface area contributed by atoms with Crippen molar-refractivity contribution in [3.63, 3.8) is 0 Å². The summed E-state index contributed by atoms with van der Waals surface area (Å²) in [6.07, 6.45) is 1.98. The van der Waals surface area contributed by atoms with Crippen LogP contribution in [0, 0.1) is 0 Å². The quantitative estimate of drug-likeness (QED) is 0.657. The number of aromatic nitrogens is 3. The summed E-state index contributed by atoms with van der Waals surface area (Å²) in [7, 11) is 0. The molecule has 0 aliphatic rings. The number of aliphatic hydroxyl groups is 1. The van der Waals surface area contributed by atoms with Gasteiger partial charge in [-0.2, -0.15) is 5.10 Å². The number of hydrogen-bond acceptors (Lipinski definition) is 3. The molecule has 0 spiro atoms. The summed E-state index contributed by atoms with van der Waals surface area (Å²) in [6, 6.07) is 0. The minimum Gasteiger partial charge on any atom is -0.388 e. The van der Waals surface area contributed by atoms with Crippen LogP contribution in [0.3, 0.4) is 0 Å². The van der Waals surface area contributed by atoms with E-state index in [4.69, 9.17) is 0 Å². The maximum atomic E-state index is 10.9. The van der Waals surface area contributed by atoms with Gasteiger partial charge in [-0.05, 0) is 13.3 Å². The predicted octanol–water partition coefficient (Wildman–Crippen LogP) is -0.268. The highest BCUT2D eigenvalue weighted by Gasteiger charge is 2.18. The molecule has 0 fully saturated rings. The van der Waals surface area contributed by atoms with E-state index in [0.29, 0.717) is 6.42 Å². The zero-order valence-corrected chi connectivity index (χ0v) is 7.24. The lowest BCUT2D eigenvalue weighted by atomic mass is 10.0. The first kappa shape index (κ1) is 8.99. The fraction of sp³-hybridized carbons (Fsp3) is 0.714. The summed E-state index contributed by atoms with van der Waals surface area (Å²) in [5.41, 5.74) is -1.13. The first-order chi connectivity index (χ1) is 5.55. The molecular formula is C7H13N3O2. The predicted molar refractivity (Wildman–Crippen MR) is 43.8 cm³/mol. The van der Waals surface area contributed by atoms with E-state index in [0.717, 1.165) is 0 Å². The van der Waals surface area contributed by atoms with Crippen LogP contribution in [-0.2, 0) is 6.54 Å². The van der Waals surface area contributed by atoms with E-state index >= 15 is 0 Å². The van der Waals surface area contributed by atoms with E-state index in [9.17, 15) is 9.90 Å². The summed E-state index contributed by atoms with van der Waals surface area (Å²) < 4.78 is 1.35. The fourth-order valence-corrected chi connectivity index (χ4v) is 0.862. The van der Waals surface area contributed by atoms with Crippen LogP contribution in [0.1, 0.15) is 20.3 Å². The molecule has 12 heavy (non-hydrogen) atoms. The molecule has 0 saturated heterocycles. The van der Waals surface area contributed by atoms with Crippen molar-refractivity contribution in [2.45, 2.75) is 32.4 Å². The van der Waals surface area contributed by atoms with Gasteiger partial charge in [0.25, 0.3) is 0 Å². The Hall–Kier alpha value is -1.10. The van der Waals surface area contributed by atoms with Gasteiger partial charge in [-0.3, -0.25) is 4.57 Å². The Morgan fingerprint density at radius 3 is 2.92 bits per heavy atom. The average Bonchev–Trinajstić information content (AvgIpc) is 2.36. The first-order valence-corrected chi connectivity index (χ1v) is 3.87. The van der Waals surface area contributed by atoms with E-state index in [1.165, 1.54) is 10.9 Å². The van der Waals surface area contributed by atoms with Crippen LogP contribution in [0.4, 0.5) is 0 Å². The lowest BCUT2D eigenvalue weighted by molar-refractivity contribution is 0.0370. The largest absolute Gasteiger partial charge is 0.388 e. The van der Waals surface area contributed by atoms with Crippen LogP contribution in [0.5, 0.6) is 0 Å². The van der Waals surface area contributed by atoms with Crippen LogP contribution < -0.4 is 5.69 Å². The Kier molecular flexibility index (Phi) is 2.32. The number of H-pyrrole nitrogens is 1. The van der Waals surface area contributed by atoms with Crippen molar-refractivity contribution in [1.82, 2.24) is 14.8 Å². The Morgan fingerprint density at radius 1 is 1.83 bits per heavy atom. The molecule has 0 amide bonds. The van der Waals surface area contributed by atoms with Crippen LogP contribution in [0.15, 0.2) is 11.1 Å². The van der Waals surface area contributed by atoms with E-state index < -0.39 is 5.60 Å². The van der Waals surface area contributed by atoms with Crippen molar-refractivity contribution in [2.75, 3.05) is 0 Å². The van der Waals surface area contributed by atoms with Crippen LogP contribution in [-0.4, -0.2) is 25.5 Å². The Morgan fingerprint density at radius 2 is 2.50 bits per heavy atom. The summed E-state index contributed by atoms with van der Waals surface area (Å²) >= 11 is 0. The summed E-state index contributed by atoms with van der Waals surface area (Å²) in [6.45, 7) is 3.83. The molecule has 68 valence electrons. The molecule has 0 aliphatic carbocycles. The molecule has 1 aromatic rings. The molecule has 2 N–H and O–H groups in total. The topological polar surface area (TPSA) is 70.9 Å². The minimum absolute atomic E-state index is 0.277. The zero-order valence-electron chi connectivity index (χ0n) is 7.24. The Balaban J connectivity index is 2.77. The molecule has 5 nitrogen and oxygen atoms in total. The number of hydrogen-bond donors (Lipinski definition) is 2. The lowest BCUT2D eigenvalue weighted by Gasteiger charge is -2.20. The van der Waals surface area contributed by atoms with Crippen LogP contribution in [0.25, 0.3) is 0 Å². The Labute approximate surface area is 70.0 Å². The second-order valence-electron chi connectivity index (χ2n) is 3.14. The number of aromatic amines is 1. The maximum Gasteiger partial charge on any atom is 0.343 e. The molecule has 0 aromatic carbocycles. The van der Waals surface area contributed by atoms with Crippen molar-refractivity contribution in [3.05, 3.63) is 16.8 Å². The van der Waals surface area contributed by atoms with Gasteiger partial charge in [0.05, 0.1) is 12.1 Å². The third kappa shape index (κ3) is 1.94. The van der Waals surface area contributed by atoms with Crippen LogP contribution >= 0.6 is 0 Å². The van der Waals surface area contributed by atoms with Crippen LogP contribution in [0.2, 0.25) is 0 Å². The van der Waals surface area contributed by atoms with Crippen molar-refractivity contribution in [3.8, 4) is 0 Å². The van der Waals surface area contributed by atoms with E-state index in [1.807, 2.05) is 6.92 Å². The maximum absolute atomic E-state index is 10.9. The van der Waals surface area contributed by atoms with Gasteiger partial charge in [0.15, 0.2) is 0 Å². The van der Waals surface area contributed by atoms with Gasteiger partial charge in [-0.25, -0.2) is 9.89 Å². The SMILES string of the molecule is CCC(C)(O)Cn1cn[nH]c1=O. The van der Waals surface area contributed by atoms with E-state index in [1.54, 1.807) is 6.92 Å². The molecular weight excluding hydrogens is 158 g/mol. The third-order valence-electron chi connectivity index (χ3n) is 1.89. The van der Waals surface area contributed by atoms with E-state index in [-0.39, 0.29) is 12.2 Å². The summed E-state index contributed by atoms with van der Waals surface area (Å²) in [4.78, 5) is 10.9. The highest BCUT2D eigenvalue weighted by molar-refractivity contribution is 4.74. The standard InChI is InChI=1S/C7H13N3O2/c1-3-7(2,12)4-10-5-8-9-6(10)11/h5,12H,3-4H2,1-2H3,(H,9,11). The van der Waals surface area contributed by atoms with Gasteiger partial charge < -0.3 is 5.11 Å². The van der Waals surface area contributed by atoms with Gasteiger partial charge in [-0.1, -0.05) is 6.92 Å². The molecule has 1 aromatic heterocycles. The molecule has 0 bridgehead atoms. The highest BCUT2D eigenvalue weighted by Crippen LogP contribution is 2.09. The molecule has 1 unspecified atom stereocenters. The number of rotatable bonds is 3. The van der Waals surface area contributed by atoms with Gasteiger partial charge in [0.1, 0.15) is 6.33 Å². The molecule has 0 aliphatic heterocycles. The fourth-order valence-electron chi connectivity index (χ4n) is 0.862. The second-order valence-corrected chi connectivity index (χ2v) is 3.14. The first-order valence-electron chi connectivity index (χ1n) is 3.87. The average molecular weight is 171 g/mol. The van der Waals surface area contributed by atoms with Gasteiger partial charge in [0.2, 0.25) is 0 Å². The van der Waals surface area contributed by atoms with Crippen molar-refractivity contribution in [2.24, 2.45) is 0 Å². The molecule has 0 saturated carbocycles. The van der Waals surface area contributed by atoms with Crippen molar-refractivity contribution >= 4 is 0 Å². The number of nitrogens with one attached hydrogen (secondary N) is 1.